The highest BCUT2D eigenvalue weighted by Gasteiger charge is 2.29. The van der Waals surface area contributed by atoms with Gasteiger partial charge in [-0.3, -0.25) is 0 Å². The molecule has 25 heavy (non-hydrogen) atoms. The Morgan fingerprint density at radius 1 is 0.880 bits per heavy atom. The van der Waals surface area contributed by atoms with Gasteiger partial charge in [0, 0.05) is 17.7 Å². The zero-order chi connectivity index (χ0) is 17.8. The molecule has 146 valence electrons. The van der Waals surface area contributed by atoms with Gasteiger partial charge in [0.25, 0.3) is 0 Å². The van der Waals surface area contributed by atoms with Crippen LogP contribution < -0.4 is 5.73 Å². The molecule has 2 rings (SSSR count). The maximum Gasteiger partial charge on any atom is 0.0497 e. The first-order valence-electron chi connectivity index (χ1n) is 11.2. The molecule has 2 saturated carbocycles. The van der Waals surface area contributed by atoms with E-state index in [9.17, 15) is 0 Å². The van der Waals surface area contributed by atoms with E-state index in [1.54, 1.807) is 0 Å². The molecular formula is C22H42N2O. The molecule has 2 fully saturated rings. The predicted octanol–water partition coefficient (Wildman–Crippen LogP) is 6.43. The molecule has 2 aliphatic carbocycles. The number of hydrogen-bond donors (Lipinski definition) is 2. The SMILES string of the molecule is NC(CCCCCCCCC1(C=NO)CCCCC1)C1CCCCC1. The van der Waals surface area contributed by atoms with Gasteiger partial charge in [-0.2, -0.15) is 0 Å². The van der Waals surface area contributed by atoms with Crippen molar-refractivity contribution < 1.29 is 5.21 Å². The Morgan fingerprint density at radius 3 is 2.16 bits per heavy atom. The van der Waals surface area contributed by atoms with Gasteiger partial charge in [-0.25, -0.2) is 0 Å². The molecule has 3 heteroatoms. The van der Waals surface area contributed by atoms with Crippen molar-refractivity contribution in [2.75, 3.05) is 0 Å². The summed E-state index contributed by atoms with van der Waals surface area (Å²) in [6.07, 6.45) is 25.7. The highest BCUT2D eigenvalue weighted by molar-refractivity contribution is 5.65. The molecule has 1 atom stereocenters. The van der Waals surface area contributed by atoms with Crippen LogP contribution in [0.5, 0.6) is 0 Å². The second-order valence-corrected chi connectivity index (χ2v) is 8.89. The number of nitrogens with zero attached hydrogens (tertiary/aromatic N) is 1. The Bertz CT molecular complexity index is 357. The van der Waals surface area contributed by atoms with Gasteiger partial charge < -0.3 is 10.9 Å². The van der Waals surface area contributed by atoms with E-state index in [1.807, 2.05) is 6.21 Å². The van der Waals surface area contributed by atoms with E-state index >= 15 is 0 Å². The number of oxime groups is 1. The van der Waals surface area contributed by atoms with Crippen molar-refractivity contribution in [3.05, 3.63) is 0 Å². The summed E-state index contributed by atoms with van der Waals surface area (Å²) in [7, 11) is 0. The molecule has 0 aromatic rings. The van der Waals surface area contributed by atoms with Crippen molar-refractivity contribution in [2.24, 2.45) is 22.2 Å². The molecule has 0 saturated heterocycles. The third-order valence-corrected chi connectivity index (χ3v) is 6.90. The number of rotatable bonds is 11. The fourth-order valence-corrected chi connectivity index (χ4v) is 5.18. The lowest BCUT2D eigenvalue weighted by Crippen LogP contribution is -2.31. The van der Waals surface area contributed by atoms with Crippen molar-refractivity contribution >= 4 is 6.21 Å². The van der Waals surface area contributed by atoms with Gasteiger partial charge in [0.05, 0.1) is 0 Å². The molecule has 0 aliphatic heterocycles. The number of unbranched alkanes of at least 4 members (excludes halogenated alkanes) is 5. The Morgan fingerprint density at radius 2 is 1.48 bits per heavy atom. The molecule has 3 nitrogen and oxygen atoms in total. The lowest BCUT2D eigenvalue weighted by molar-refractivity contribution is 0.247. The Balaban J connectivity index is 1.47. The fraction of sp³-hybridized carbons (Fsp3) is 0.955. The van der Waals surface area contributed by atoms with Crippen LogP contribution in [-0.2, 0) is 0 Å². The summed E-state index contributed by atoms with van der Waals surface area (Å²) in [4.78, 5) is 0. The predicted molar refractivity (Wildman–Crippen MR) is 107 cm³/mol. The van der Waals surface area contributed by atoms with Crippen LogP contribution in [0, 0.1) is 11.3 Å². The summed E-state index contributed by atoms with van der Waals surface area (Å²) in [6.45, 7) is 0. The summed E-state index contributed by atoms with van der Waals surface area (Å²) in [5.41, 5.74) is 6.61. The highest BCUT2D eigenvalue weighted by Crippen LogP contribution is 2.39. The molecule has 2 aliphatic rings. The Hall–Kier alpha value is -0.570. The monoisotopic (exact) mass is 350 g/mol. The molecular weight excluding hydrogens is 308 g/mol. The van der Waals surface area contributed by atoms with Crippen molar-refractivity contribution in [2.45, 2.75) is 122 Å². The van der Waals surface area contributed by atoms with Gasteiger partial charge in [0.2, 0.25) is 0 Å². The first-order chi connectivity index (χ1) is 12.3. The second-order valence-electron chi connectivity index (χ2n) is 8.89. The van der Waals surface area contributed by atoms with Crippen LogP contribution in [0.2, 0.25) is 0 Å². The standard InChI is InChI=1S/C22H42N2O/c23-21(20-13-7-5-8-14-20)15-9-3-1-2-4-10-16-22(19-24-25)17-11-6-12-18-22/h19-21,25H,1-18,23H2. The quantitative estimate of drug-likeness (QED) is 0.195. The fourth-order valence-electron chi connectivity index (χ4n) is 5.18. The summed E-state index contributed by atoms with van der Waals surface area (Å²) in [5, 5.41) is 12.4. The minimum atomic E-state index is 0.208. The second kappa shape index (κ2) is 11.9. The van der Waals surface area contributed by atoms with Crippen LogP contribution >= 0.6 is 0 Å². The Kier molecular flexibility index (Phi) is 9.90. The van der Waals surface area contributed by atoms with Crippen molar-refractivity contribution in [1.82, 2.24) is 0 Å². The van der Waals surface area contributed by atoms with Crippen LogP contribution in [0.15, 0.2) is 5.16 Å². The highest BCUT2D eigenvalue weighted by atomic mass is 16.4. The molecule has 0 amide bonds. The first-order valence-corrected chi connectivity index (χ1v) is 11.2. The zero-order valence-electron chi connectivity index (χ0n) is 16.4. The third kappa shape index (κ3) is 7.68. The third-order valence-electron chi connectivity index (χ3n) is 6.90. The molecule has 0 radical (unpaired) electrons. The van der Waals surface area contributed by atoms with Crippen LogP contribution in [0.25, 0.3) is 0 Å². The van der Waals surface area contributed by atoms with E-state index < -0.39 is 0 Å². The van der Waals surface area contributed by atoms with E-state index in [0.717, 1.165) is 5.92 Å². The minimum absolute atomic E-state index is 0.208. The van der Waals surface area contributed by atoms with Crippen LogP contribution in [0.4, 0.5) is 0 Å². The topological polar surface area (TPSA) is 58.6 Å². The van der Waals surface area contributed by atoms with E-state index in [1.165, 1.54) is 116 Å². The molecule has 0 bridgehead atoms. The number of hydrogen-bond acceptors (Lipinski definition) is 3. The summed E-state index contributed by atoms with van der Waals surface area (Å²) < 4.78 is 0. The molecule has 0 aromatic carbocycles. The first kappa shape index (κ1) is 20.7. The van der Waals surface area contributed by atoms with Crippen molar-refractivity contribution in [3.63, 3.8) is 0 Å². The zero-order valence-corrected chi connectivity index (χ0v) is 16.4. The average molecular weight is 351 g/mol. The van der Waals surface area contributed by atoms with Gasteiger partial charge >= 0.3 is 0 Å². The van der Waals surface area contributed by atoms with Crippen molar-refractivity contribution in [1.29, 1.82) is 0 Å². The molecule has 3 N–H and O–H groups in total. The average Bonchev–Trinajstić information content (AvgIpc) is 2.65. The van der Waals surface area contributed by atoms with Gasteiger partial charge in [-0.05, 0) is 44.4 Å². The van der Waals surface area contributed by atoms with E-state index in [2.05, 4.69) is 5.16 Å². The normalized spacial score (nSPS) is 23.1. The van der Waals surface area contributed by atoms with Crippen LogP contribution in [-0.4, -0.2) is 17.5 Å². The smallest absolute Gasteiger partial charge is 0.0497 e. The molecule has 0 spiro atoms. The van der Waals surface area contributed by atoms with Crippen LogP contribution in [0.1, 0.15) is 116 Å². The van der Waals surface area contributed by atoms with Gasteiger partial charge in [-0.1, -0.05) is 77.0 Å². The van der Waals surface area contributed by atoms with Gasteiger partial charge in [-0.15, -0.1) is 5.16 Å². The van der Waals surface area contributed by atoms with Crippen molar-refractivity contribution in [3.8, 4) is 0 Å². The molecule has 1 unspecified atom stereocenters. The molecule has 0 aromatic heterocycles. The molecule has 0 heterocycles. The van der Waals surface area contributed by atoms with E-state index in [0.29, 0.717) is 6.04 Å². The van der Waals surface area contributed by atoms with Gasteiger partial charge in [0.1, 0.15) is 0 Å². The van der Waals surface area contributed by atoms with Gasteiger partial charge in [0.15, 0.2) is 0 Å². The number of nitrogens with two attached hydrogens (primary N) is 1. The van der Waals surface area contributed by atoms with E-state index in [4.69, 9.17) is 10.9 Å². The minimum Gasteiger partial charge on any atom is -0.411 e. The maximum absolute atomic E-state index is 8.98. The lowest BCUT2D eigenvalue weighted by atomic mass is 9.72. The summed E-state index contributed by atoms with van der Waals surface area (Å²) in [6, 6.07) is 0.462. The Labute approximate surface area is 155 Å². The van der Waals surface area contributed by atoms with E-state index in [-0.39, 0.29) is 5.41 Å². The van der Waals surface area contributed by atoms with Crippen LogP contribution in [0.3, 0.4) is 0 Å². The largest absolute Gasteiger partial charge is 0.411 e. The lowest BCUT2D eigenvalue weighted by Gasteiger charge is -2.33. The maximum atomic E-state index is 8.98. The summed E-state index contributed by atoms with van der Waals surface area (Å²) >= 11 is 0. The summed E-state index contributed by atoms with van der Waals surface area (Å²) in [5.74, 6) is 0.814.